The van der Waals surface area contributed by atoms with Crippen molar-refractivity contribution in [3.8, 4) is 0 Å². The lowest BCUT2D eigenvalue weighted by atomic mass is 9.90. The van der Waals surface area contributed by atoms with Crippen molar-refractivity contribution in [2.75, 3.05) is 0 Å². The average molecular weight is 323 g/mol. The molecule has 0 fully saturated rings. The number of carboxylic acid groups (broad SMARTS) is 1. The third-order valence-electron chi connectivity index (χ3n) is 4.05. The Bertz CT molecular complexity index is 569. The van der Waals surface area contributed by atoms with Crippen molar-refractivity contribution in [2.45, 2.75) is 58.9 Å². The predicted molar refractivity (Wildman–Crippen MR) is 88.3 cm³/mol. The van der Waals surface area contributed by atoms with Gasteiger partial charge in [-0.05, 0) is 69.7 Å². The molecule has 0 saturated heterocycles. The van der Waals surface area contributed by atoms with E-state index in [1.54, 1.807) is 13.0 Å². The number of hydrogen-bond acceptors (Lipinski definition) is 2. The summed E-state index contributed by atoms with van der Waals surface area (Å²) in [6.45, 7) is 7.40. The Morgan fingerprint density at radius 1 is 1.30 bits per heavy atom. The quantitative estimate of drug-likeness (QED) is 0.689. The van der Waals surface area contributed by atoms with Crippen LogP contribution in [0.5, 0.6) is 0 Å². The summed E-state index contributed by atoms with van der Waals surface area (Å²) >= 11 is 0. The molecule has 0 aliphatic rings. The van der Waals surface area contributed by atoms with Gasteiger partial charge in [-0.2, -0.15) is 0 Å². The first-order chi connectivity index (χ1) is 10.6. The van der Waals surface area contributed by atoms with E-state index in [0.29, 0.717) is 29.9 Å². The van der Waals surface area contributed by atoms with Crippen molar-refractivity contribution >= 4 is 11.9 Å². The van der Waals surface area contributed by atoms with Crippen molar-refractivity contribution in [3.05, 3.63) is 35.1 Å². The van der Waals surface area contributed by atoms with E-state index in [2.05, 4.69) is 12.2 Å². The summed E-state index contributed by atoms with van der Waals surface area (Å²) in [4.78, 5) is 22.8. The molecule has 23 heavy (non-hydrogen) atoms. The fourth-order valence-electron chi connectivity index (χ4n) is 2.44. The minimum atomic E-state index is -1.02. The number of carbonyl (C=O) groups excluding carboxylic acids is 1. The van der Waals surface area contributed by atoms with Crippen LogP contribution < -0.4 is 5.32 Å². The van der Waals surface area contributed by atoms with Crippen molar-refractivity contribution < 1.29 is 19.1 Å². The first-order valence-corrected chi connectivity index (χ1v) is 7.91. The van der Waals surface area contributed by atoms with Gasteiger partial charge in [0.2, 0.25) is 0 Å². The maximum atomic E-state index is 13.2. The second kappa shape index (κ2) is 8.09. The molecule has 1 aromatic carbocycles. The van der Waals surface area contributed by atoms with Crippen LogP contribution >= 0.6 is 0 Å². The molecule has 1 atom stereocenters. The monoisotopic (exact) mass is 323 g/mol. The van der Waals surface area contributed by atoms with Crippen molar-refractivity contribution in [1.29, 1.82) is 0 Å². The molecule has 0 heterocycles. The molecule has 0 aliphatic carbocycles. The molecular formula is C18H26FNO3. The highest BCUT2D eigenvalue weighted by Gasteiger charge is 2.21. The summed E-state index contributed by atoms with van der Waals surface area (Å²) in [5.41, 5.74) is 0.549. The minimum Gasteiger partial charge on any atom is -0.465 e. The summed E-state index contributed by atoms with van der Waals surface area (Å²) in [6.07, 6.45) is 1.68. The zero-order valence-electron chi connectivity index (χ0n) is 14.3. The van der Waals surface area contributed by atoms with Crippen LogP contribution in [-0.4, -0.2) is 22.5 Å². The Balaban J connectivity index is 2.43. The lowest BCUT2D eigenvalue weighted by molar-refractivity contribution is 0.0973. The standard InChI is InChI=1S/C18H26FNO3/c1-12(9-10-18(3,4)20-17(22)23)5-8-16(21)14-6-7-15(19)13(2)11-14/h6-7,11-12,20H,5,8-10H2,1-4H3,(H,22,23). The van der Waals surface area contributed by atoms with Crippen molar-refractivity contribution in [3.63, 3.8) is 0 Å². The minimum absolute atomic E-state index is 0.0165. The number of benzene rings is 1. The maximum absolute atomic E-state index is 13.2. The van der Waals surface area contributed by atoms with Gasteiger partial charge in [-0.1, -0.05) is 6.92 Å². The molecule has 5 heteroatoms. The molecule has 1 amide bonds. The molecule has 0 bridgehead atoms. The Kier molecular flexibility index (Phi) is 6.73. The molecular weight excluding hydrogens is 297 g/mol. The van der Waals surface area contributed by atoms with Gasteiger partial charge in [0, 0.05) is 17.5 Å². The van der Waals surface area contributed by atoms with Gasteiger partial charge < -0.3 is 10.4 Å². The molecule has 1 unspecified atom stereocenters. The molecule has 128 valence electrons. The molecule has 0 spiro atoms. The Hall–Kier alpha value is -1.91. The molecule has 1 rings (SSSR count). The summed E-state index contributed by atoms with van der Waals surface area (Å²) < 4.78 is 13.2. The van der Waals surface area contributed by atoms with E-state index in [-0.39, 0.29) is 11.6 Å². The molecule has 4 nitrogen and oxygen atoms in total. The van der Waals surface area contributed by atoms with Gasteiger partial charge in [0.1, 0.15) is 5.82 Å². The van der Waals surface area contributed by atoms with E-state index in [1.165, 1.54) is 12.1 Å². The highest BCUT2D eigenvalue weighted by Crippen LogP contribution is 2.21. The lowest BCUT2D eigenvalue weighted by Gasteiger charge is -2.26. The number of hydrogen-bond donors (Lipinski definition) is 2. The fourth-order valence-corrected chi connectivity index (χ4v) is 2.44. The predicted octanol–water partition coefficient (Wildman–Crippen LogP) is 4.56. The Morgan fingerprint density at radius 3 is 2.52 bits per heavy atom. The van der Waals surface area contributed by atoms with Crippen LogP contribution in [0.15, 0.2) is 18.2 Å². The number of halogens is 1. The number of aryl methyl sites for hydroxylation is 1. The Morgan fingerprint density at radius 2 is 1.96 bits per heavy atom. The van der Waals surface area contributed by atoms with E-state index >= 15 is 0 Å². The fraction of sp³-hybridized carbons (Fsp3) is 0.556. The second-order valence-corrected chi connectivity index (χ2v) is 6.88. The number of rotatable bonds is 8. The van der Waals surface area contributed by atoms with Gasteiger partial charge in [-0.3, -0.25) is 4.79 Å². The van der Waals surface area contributed by atoms with Crippen LogP contribution in [0, 0.1) is 18.7 Å². The van der Waals surface area contributed by atoms with E-state index in [9.17, 15) is 14.0 Å². The van der Waals surface area contributed by atoms with Crippen molar-refractivity contribution in [1.82, 2.24) is 5.32 Å². The molecule has 1 aromatic rings. The van der Waals surface area contributed by atoms with Gasteiger partial charge in [-0.15, -0.1) is 0 Å². The SMILES string of the molecule is Cc1cc(C(=O)CCC(C)CCC(C)(C)NC(=O)O)ccc1F. The molecule has 0 aliphatic heterocycles. The van der Waals surface area contributed by atoms with Gasteiger partial charge in [0.15, 0.2) is 5.78 Å². The van der Waals surface area contributed by atoms with Gasteiger partial charge in [0.25, 0.3) is 0 Å². The van der Waals surface area contributed by atoms with Crippen LogP contribution in [0.25, 0.3) is 0 Å². The third kappa shape index (κ3) is 6.80. The lowest BCUT2D eigenvalue weighted by Crippen LogP contribution is -2.42. The summed E-state index contributed by atoms with van der Waals surface area (Å²) in [7, 11) is 0. The largest absolute Gasteiger partial charge is 0.465 e. The smallest absolute Gasteiger partial charge is 0.405 e. The summed E-state index contributed by atoms with van der Waals surface area (Å²) in [6, 6.07) is 4.43. The van der Waals surface area contributed by atoms with E-state index in [4.69, 9.17) is 5.11 Å². The highest BCUT2D eigenvalue weighted by molar-refractivity contribution is 5.96. The number of ketones is 1. The highest BCUT2D eigenvalue weighted by atomic mass is 19.1. The molecule has 0 aromatic heterocycles. The van der Waals surface area contributed by atoms with E-state index < -0.39 is 11.6 Å². The number of carbonyl (C=O) groups is 2. The van der Waals surface area contributed by atoms with E-state index in [1.807, 2.05) is 13.8 Å². The van der Waals surface area contributed by atoms with E-state index in [0.717, 1.165) is 12.8 Å². The van der Waals surface area contributed by atoms with Crippen LogP contribution in [0.2, 0.25) is 0 Å². The van der Waals surface area contributed by atoms with Gasteiger partial charge >= 0.3 is 6.09 Å². The van der Waals surface area contributed by atoms with Crippen molar-refractivity contribution in [2.24, 2.45) is 5.92 Å². The first-order valence-electron chi connectivity index (χ1n) is 7.91. The van der Waals surface area contributed by atoms with Crippen LogP contribution in [-0.2, 0) is 0 Å². The molecule has 0 radical (unpaired) electrons. The zero-order valence-corrected chi connectivity index (χ0v) is 14.3. The van der Waals surface area contributed by atoms with Crippen LogP contribution in [0.4, 0.5) is 9.18 Å². The number of amides is 1. The Labute approximate surface area is 137 Å². The average Bonchev–Trinajstić information content (AvgIpc) is 2.44. The third-order valence-corrected chi connectivity index (χ3v) is 4.05. The topological polar surface area (TPSA) is 66.4 Å². The number of nitrogens with one attached hydrogen (secondary N) is 1. The normalized spacial score (nSPS) is 12.7. The number of Topliss-reactive ketones (excluding diaryl/α,β-unsaturated/α-hetero) is 1. The summed E-state index contributed by atoms with van der Waals surface area (Å²) in [5.74, 6) is 0.0290. The molecule has 2 N–H and O–H groups in total. The zero-order chi connectivity index (χ0) is 17.6. The van der Waals surface area contributed by atoms with Crippen LogP contribution in [0.1, 0.15) is 62.4 Å². The van der Waals surface area contributed by atoms with Crippen LogP contribution in [0.3, 0.4) is 0 Å². The van der Waals surface area contributed by atoms with Gasteiger partial charge in [-0.25, -0.2) is 9.18 Å². The first kappa shape index (κ1) is 19.1. The summed E-state index contributed by atoms with van der Waals surface area (Å²) in [5, 5.41) is 11.3. The molecule has 0 saturated carbocycles. The second-order valence-electron chi connectivity index (χ2n) is 6.88. The van der Waals surface area contributed by atoms with Gasteiger partial charge in [0.05, 0.1) is 0 Å². The maximum Gasteiger partial charge on any atom is 0.405 e.